The second kappa shape index (κ2) is 10.8. The van der Waals surface area contributed by atoms with E-state index in [2.05, 4.69) is 80.3 Å². The summed E-state index contributed by atoms with van der Waals surface area (Å²) in [6, 6.07) is 0. The van der Waals surface area contributed by atoms with Crippen LogP contribution in [0.4, 0.5) is 0 Å². The van der Waals surface area contributed by atoms with Crippen LogP contribution in [0, 0.1) is 29.1 Å². The molecule has 34 heavy (non-hydrogen) atoms. The maximum absolute atomic E-state index is 6.88. The highest BCUT2D eigenvalue weighted by Gasteiger charge is 2.50. The van der Waals surface area contributed by atoms with Crippen LogP contribution in [0.1, 0.15) is 113 Å². The molecule has 0 aliphatic heterocycles. The fraction of sp³-hybridized carbons (Fsp3) is 0.812. The van der Waals surface area contributed by atoms with Crippen LogP contribution in [0.2, 0.25) is 18.1 Å². The molecular formula is C32H56OSi. The van der Waals surface area contributed by atoms with Gasteiger partial charge in [-0.3, -0.25) is 0 Å². The third-order valence-electron chi connectivity index (χ3n) is 10.6. The van der Waals surface area contributed by atoms with Crippen LogP contribution in [-0.2, 0) is 4.43 Å². The molecule has 6 atom stereocenters. The minimum atomic E-state index is -1.81. The Hall–Kier alpha value is -0.603. The Labute approximate surface area is 214 Å². The lowest BCUT2D eigenvalue weighted by molar-refractivity contribution is 0.0934. The molecule has 0 N–H and O–H groups in total. The Morgan fingerprint density at radius 1 is 1.18 bits per heavy atom. The quantitative estimate of drug-likeness (QED) is 0.258. The van der Waals surface area contributed by atoms with Gasteiger partial charge in [0.15, 0.2) is 8.32 Å². The summed E-state index contributed by atoms with van der Waals surface area (Å²) >= 11 is 0. The van der Waals surface area contributed by atoms with Crippen LogP contribution in [0.5, 0.6) is 0 Å². The van der Waals surface area contributed by atoms with Gasteiger partial charge in [0.1, 0.15) is 0 Å². The van der Waals surface area contributed by atoms with Gasteiger partial charge in [-0.05, 0) is 97.7 Å². The largest absolute Gasteiger partial charge is 0.410 e. The average Bonchev–Trinajstić information content (AvgIpc) is 3.10. The summed E-state index contributed by atoms with van der Waals surface area (Å²) < 4.78 is 6.88. The molecule has 2 heteroatoms. The molecule has 3 aliphatic carbocycles. The van der Waals surface area contributed by atoms with Gasteiger partial charge < -0.3 is 4.43 Å². The molecule has 0 spiro atoms. The first-order valence-corrected chi connectivity index (χ1v) is 17.5. The van der Waals surface area contributed by atoms with Gasteiger partial charge in [-0.1, -0.05) is 97.6 Å². The zero-order chi connectivity index (χ0) is 25.3. The van der Waals surface area contributed by atoms with E-state index in [0.717, 1.165) is 30.6 Å². The standard InChI is InChI=1S/C32H56OSi/c1-11-12-14-23(2)28-18-19-29-27(15-13-20-32(28,29)8)17-16-26-21-24(3)25(4)30(22-26)33-34(9,10)31(5,6)7/h16-17,23-24,28-30H,4,11-15,18-22H2,1-3,5-10H3/b26-16-,27-17+/t23-,24+,28+,29-,30+,32+/m0/s1. The van der Waals surface area contributed by atoms with E-state index >= 15 is 0 Å². The summed E-state index contributed by atoms with van der Waals surface area (Å²) in [5.41, 5.74) is 5.18. The predicted octanol–water partition coefficient (Wildman–Crippen LogP) is 10.3. The summed E-state index contributed by atoms with van der Waals surface area (Å²) in [5.74, 6) is 3.12. The molecule has 0 radical (unpaired) electrons. The third-order valence-corrected chi connectivity index (χ3v) is 15.1. The minimum Gasteiger partial charge on any atom is -0.410 e. The lowest BCUT2D eigenvalue weighted by atomic mass is 9.60. The number of hydrogen-bond donors (Lipinski definition) is 0. The maximum atomic E-state index is 6.88. The van der Waals surface area contributed by atoms with Crippen LogP contribution in [0.25, 0.3) is 0 Å². The molecule has 3 saturated carbocycles. The lowest BCUT2D eigenvalue weighted by Gasteiger charge is -2.44. The van der Waals surface area contributed by atoms with Crippen molar-refractivity contribution in [3.8, 4) is 0 Å². The van der Waals surface area contributed by atoms with E-state index in [1.165, 1.54) is 56.9 Å². The Morgan fingerprint density at radius 2 is 1.88 bits per heavy atom. The highest BCUT2D eigenvalue weighted by molar-refractivity contribution is 6.74. The first kappa shape index (κ1) is 28.0. The number of fused-ring (bicyclic) bond motifs is 1. The summed E-state index contributed by atoms with van der Waals surface area (Å²) in [5, 5.41) is 0.236. The van der Waals surface area contributed by atoms with Gasteiger partial charge in [0.2, 0.25) is 0 Å². The van der Waals surface area contributed by atoms with E-state index in [9.17, 15) is 0 Å². The fourth-order valence-corrected chi connectivity index (χ4v) is 8.55. The molecule has 0 aromatic heterocycles. The molecule has 194 valence electrons. The molecule has 0 bridgehead atoms. The Balaban J connectivity index is 1.76. The Kier molecular flexibility index (Phi) is 8.88. The number of allylic oxidation sites excluding steroid dienone is 3. The van der Waals surface area contributed by atoms with Gasteiger partial charge >= 0.3 is 0 Å². The van der Waals surface area contributed by atoms with Crippen molar-refractivity contribution in [2.75, 3.05) is 0 Å². The first-order chi connectivity index (χ1) is 15.8. The summed E-state index contributed by atoms with van der Waals surface area (Å²) in [6.45, 7) is 26.1. The van der Waals surface area contributed by atoms with Gasteiger partial charge in [0, 0.05) is 0 Å². The van der Waals surface area contributed by atoms with Crippen LogP contribution in [-0.4, -0.2) is 14.4 Å². The smallest absolute Gasteiger partial charge is 0.192 e. The SMILES string of the molecule is C=C1[C@H](C)C/C(=C/C=C2\CCC[C@]3(C)[C@@H]([C@@H](C)CCCC)CC[C@@H]23)C[C@H]1O[Si](C)(C)C(C)(C)C. The van der Waals surface area contributed by atoms with E-state index in [4.69, 9.17) is 4.43 Å². The first-order valence-electron chi connectivity index (χ1n) is 14.5. The monoisotopic (exact) mass is 484 g/mol. The molecule has 3 rings (SSSR count). The van der Waals surface area contributed by atoms with Crippen molar-refractivity contribution in [1.82, 2.24) is 0 Å². The van der Waals surface area contributed by atoms with Crippen molar-refractivity contribution in [2.45, 2.75) is 137 Å². The second-order valence-corrected chi connectivity index (χ2v) is 18.8. The summed E-state index contributed by atoms with van der Waals surface area (Å²) in [6.07, 6.45) is 18.6. The Morgan fingerprint density at radius 3 is 2.53 bits per heavy atom. The van der Waals surface area contributed by atoms with Crippen molar-refractivity contribution in [3.05, 3.63) is 35.5 Å². The minimum absolute atomic E-state index is 0.196. The van der Waals surface area contributed by atoms with Crippen molar-refractivity contribution < 1.29 is 4.43 Å². The molecule has 3 fully saturated rings. The van der Waals surface area contributed by atoms with Crippen LogP contribution in [0.3, 0.4) is 0 Å². The molecular weight excluding hydrogens is 428 g/mol. The molecule has 3 aliphatic rings. The van der Waals surface area contributed by atoms with Crippen molar-refractivity contribution in [3.63, 3.8) is 0 Å². The maximum Gasteiger partial charge on any atom is 0.192 e. The number of hydrogen-bond acceptors (Lipinski definition) is 1. The molecule has 0 aromatic carbocycles. The highest BCUT2D eigenvalue weighted by atomic mass is 28.4. The van der Waals surface area contributed by atoms with Crippen LogP contribution >= 0.6 is 0 Å². The summed E-state index contributed by atoms with van der Waals surface area (Å²) in [4.78, 5) is 0. The Bertz CT molecular complexity index is 781. The van der Waals surface area contributed by atoms with Gasteiger partial charge in [0.25, 0.3) is 0 Å². The molecule has 0 aromatic rings. The van der Waals surface area contributed by atoms with Crippen molar-refractivity contribution in [1.29, 1.82) is 0 Å². The highest BCUT2D eigenvalue weighted by Crippen LogP contribution is 2.60. The number of unbranched alkanes of at least 4 members (excludes halogenated alkanes) is 1. The topological polar surface area (TPSA) is 9.23 Å². The van der Waals surface area contributed by atoms with Crippen LogP contribution in [0.15, 0.2) is 35.5 Å². The van der Waals surface area contributed by atoms with Gasteiger partial charge in [-0.15, -0.1) is 0 Å². The van der Waals surface area contributed by atoms with E-state index in [0.29, 0.717) is 11.3 Å². The van der Waals surface area contributed by atoms with E-state index < -0.39 is 8.32 Å². The fourth-order valence-electron chi connectivity index (χ4n) is 7.25. The molecule has 1 nitrogen and oxygen atoms in total. The molecule has 0 heterocycles. The van der Waals surface area contributed by atoms with Crippen molar-refractivity contribution in [2.24, 2.45) is 29.1 Å². The molecule has 0 unspecified atom stereocenters. The normalized spacial score (nSPS) is 36.2. The number of rotatable bonds is 7. The van der Waals surface area contributed by atoms with Gasteiger partial charge in [0.05, 0.1) is 6.10 Å². The van der Waals surface area contributed by atoms with E-state index in [1.54, 1.807) is 11.1 Å². The second-order valence-electron chi connectivity index (χ2n) is 14.0. The molecule has 0 saturated heterocycles. The van der Waals surface area contributed by atoms with E-state index in [1.807, 2.05) is 0 Å². The predicted molar refractivity (Wildman–Crippen MR) is 153 cm³/mol. The average molecular weight is 485 g/mol. The van der Waals surface area contributed by atoms with Gasteiger partial charge in [-0.2, -0.15) is 0 Å². The lowest BCUT2D eigenvalue weighted by Crippen LogP contribution is -2.45. The summed E-state index contributed by atoms with van der Waals surface area (Å²) in [7, 11) is -1.81. The van der Waals surface area contributed by atoms with Gasteiger partial charge in [-0.25, -0.2) is 0 Å². The molecule has 0 amide bonds. The third kappa shape index (κ3) is 5.85. The zero-order valence-electron chi connectivity index (χ0n) is 24.2. The zero-order valence-corrected chi connectivity index (χ0v) is 25.2. The van der Waals surface area contributed by atoms with Crippen LogP contribution < -0.4 is 0 Å². The van der Waals surface area contributed by atoms with Crippen molar-refractivity contribution >= 4 is 8.32 Å². The van der Waals surface area contributed by atoms with E-state index in [-0.39, 0.29) is 11.1 Å².